The summed E-state index contributed by atoms with van der Waals surface area (Å²) in [6.07, 6.45) is 0. The number of hydrogen-bond donors (Lipinski definition) is 0. The molecule has 0 atom stereocenters. The molecule has 1 aromatic carbocycles. The fourth-order valence-electron chi connectivity index (χ4n) is 2.51. The van der Waals surface area contributed by atoms with Gasteiger partial charge in [0.05, 0.1) is 5.75 Å². The number of hydrogen-bond acceptors (Lipinski definition) is 5. The van der Waals surface area contributed by atoms with Crippen molar-refractivity contribution in [1.82, 2.24) is 24.5 Å². The zero-order valence-electron chi connectivity index (χ0n) is 15.2. The van der Waals surface area contributed by atoms with E-state index in [0.29, 0.717) is 17.5 Å². The van der Waals surface area contributed by atoms with Crippen LogP contribution in [-0.4, -0.2) is 43.2 Å². The summed E-state index contributed by atoms with van der Waals surface area (Å²) >= 11 is 4.85. The van der Waals surface area contributed by atoms with E-state index in [9.17, 15) is 4.79 Å². The van der Waals surface area contributed by atoms with Crippen LogP contribution in [0, 0.1) is 20.8 Å². The van der Waals surface area contributed by atoms with Gasteiger partial charge >= 0.3 is 0 Å². The van der Waals surface area contributed by atoms with E-state index in [1.165, 1.54) is 11.8 Å². The van der Waals surface area contributed by atoms with Crippen molar-refractivity contribution >= 4 is 39.4 Å². The molecule has 0 saturated heterocycles. The zero-order chi connectivity index (χ0) is 18.8. The quantitative estimate of drug-likeness (QED) is 0.575. The minimum Gasteiger partial charge on any atom is -0.341 e. The second-order valence-electron chi connectivity index (χ2n) is 6.14. The van der Waals surface area contributed by atoms with Crippen molar-refractivity contribution in [1.29, 1.82) is 0 Å². The Morgan fingerprint density at radius 3 is 2.69 bits per heavy atom. The van der Waals surface area contributed by atoms with Gasteiger partial charge in [-0.1, -0.05) is 45.9 Å². The number of halogens is 1. The van der Waals surface area contributed by atoms with Crippen molar-refractivity contribution in [2.75, 3.05) is 12.8 Å². The van der Waals surface area contributed by atoms with E-state index in [2.05, 4.69) is 31.0 Å². The number of aryl methyl sites for hydroxylation is 2. The van der Waals surface area contributed by atoms with Gasteiger partial charge in [-0.15, -0.1) is 5.10 Å². The van der Waals surface area contributed by atoms with Gasteiger partial charge in [0.2, 0.25) is 11.1 Å². The van der Waals surface area contributed by atoms with Crippen LogP contribution in [-0.2, 0) is 11.3 Å². The fraction of sp³-hybridized carbons (Fsp3) is 0.333. The van der Waals surface area contributed by atoms with Gasteiger partial charge in [0.1, 0.15) is 0 Å². The van der Waals surface area contributed by atoms with E-state index in [1.807, 2.05) is 45.0 Å². The number of aromatic nitrogens is 4. The zero-order valence-corrected chi connectivity index (χ0v) is 17.6. The van der Waals surface area contributed by atoms with Crippen LogP contribution in [0.3, 0.4) is 0 Å². The summed E-state index contributed by atoms with van der Waals surface area (Å²) in [5.41, 5.74) is 4.14. The van der Waals surface area contributed by atoms with Gasteiger partial charge in [-0.25, -0.2) is 9.50 Å². The van der Waals surface area contributed by atoms with Crippen LogP contribution in [0.1, 0.15) is 22.5 Å². The maximum Gasteiger partial charge on any atom is 0.253 e. The van der Waals surface area contributed by atoms with Gasteiger partial charge in [0, 0.05) is 29.5 Å². The van der Waals surface area contributed by atoms with Crippen LogP contribution in [0.25, 0.3) is 5.78 Å². The Morgan fingerprint density at radius 2 is 1.96 bits per heavy atom. The molecule has 136 valence electrons. The summed E-state index contributed by atoms with van der Waals surface area (Å²) in [5.74, 6) is 0.887. The molecule has 2 heterocycles. The summed E-state index contributed by atoms with van der Waals surface area (Å²) in [6, 6.07) is 7.90. The summed E-state index contributed by atoms with van der Waals surface area (Å²) < 4.78 is 2.74. The maximum absolute atomic E-state index is 12.4. The minimum atomic E-state index is 0.0293. The Hall–Kier alpha value is -1.93. The first kappa shape index (κ1) is 18.8. The summed E-state index contributed by atoms with van der Waals surface area (Å²) in [5, 5.41) is 5.03. The number of carbonyl (C=O) groups is 1. The van der Waals surface area contributed by atoms with Crippen molar-refractivity contribution in [3.63, 3.8) is 0 Å². The lowest BCUT2D eigenvalue weighted by Crippen LogP contribution is -2.28. The largest absolute Gasteiger partial charge is 0.341 e. The van der Waals surface area contributed by atoms with Crippen LogP contribution in [0.15, 0.2) is 33.9 Å². The molecular weight excluding hydrogens is 414 g/mol. The monoisotopic (exact) mass is 433 g/mol. The van der Waals surface area contributed by atoms with Crippen molar-refractivity contribution in [3.05, 3.63) is 51.3 Å². The SMILES string of the molecule is Cc1nc2nc(SCC(=O)N(C)Cc3ccccc3Br)nn2c(C)c1C. The van der Waals surface area contributed by atoms with Gasteiger partial charge in [-0.05, 0) is 38.0 Å². The smallest absolute Gasteiger partial charge is 0.253 e. The number of nitrogens with zero attached hydrogens (tertiary/aromatic N) is 5. The van der Waals surface area contributed by atoms with E-state index >= 15 is 0 Å². The van der Waals surface area contributed by atoms with Crippen LogP contribution in [0.4, 0.5) is 0 Å². The Labute approximate surface area is 165 Å². The molecule has 0 aliphatic heterocycles. The number of rotatable bonds is 5. The predicted molar refractivity (Wildman–Crippen MR) is 106 cm³/mol. The van der Waals surface area contributed by atoms with E-state index in [1.54, 1.807) is 16.5 Å². The first-order chi connectivity index (χ1) is 12.4. The van der Waals surface area contributed by atoms with Crippen molar-refractivity contribution < 1.29 is 4.79 Å². The van der Waals surface area contributed by atoms with E-state index in [-0.39, 0.29) is 11.7 Å². The lowest BCUT2D eigenvalue weighted by Gasteiger charge is -2.17. The Bertz CT molecular complexity index is 972. The topological polar surface area (TPSA) is 63.4 Å². The van der Waals surface area contributed by atoms with E-state index in [0.717, 1.165) is 27.0 Å². The van der Waals surface area contributed by atoms with Crippen molar-refractivity contribution in [3.8, 4) is 0 Å². The average Bonchev–Trinajstić information content (AvgIpc) is 3.02. The number of thioether (sulfide) groups is 1. The molecule has 0 radical (unpaired) electrons. The third kappa shape index (κ3) is 3.91. The highest BCUT2D eigenvalue weighted by molar-refractivity contribution is 9.10. The third-order valence-electron chi connectivity index (χ3n) is 4.36. The number of fused-ring (bicyclic) bond motifs is 1. The molecule has 1 amide bonds. The second kappa shape index (κ2) is 7.75. The molecular formula is C18H20BrN5OS. The summed E-state index contributed by atoms with van der Waals surface area (Å²) in [6.45, 7) is 6.53. The van der Waals surface area contributed by atoms with Gasteiger partial charge in [0.15, 0.2) is 0 Å². The molecule has 0 saturated carbocycles. The normalized spacial score (nSPS) is 11.1. The summed E-state index contributed by atoms with van der Waals surface area (Å²) in [7, 11) is 1.80. The minimum absolute atomic E-state index is 0.0293. The van der Waals surface area contributed by atoms with Gasteiger partial charge in [-0.3, -0.25) is 4.79 Å². The maximum atomic E-state index is 12.4. The van der Waals surface area contributed by atoms with Gasteiger partial charge in [0.25, 0.3) is 5.78 Å². The molecule has 3 rings (SSSR count). The summed E-state index contributed by atoms with van der Waals surface area (Å²) in [4.78, 5) is 23.0. The number of benzene rings is 1. The van der Waals surface area contributed by atoms with Crippen LogP contribution in [0.2, 0.25) is 0 Å². The van der Waals surface area contributed by atoms with E-state index in [4.69, 9.17) is 0 Å². The second-order valence-corrected chi connectivity index (χ2v) is 7.94. The van der Waals surface area contributed by atoms with Gasteiger partial charge < -0.3 is 4.90 Å². The first-order valence-electron chi connectivity index (χ1n) is 8.17. The highest BCUT2D eigenvalue weighted by atomic mass is 79.9. The average molecular weight is 434 g/mol. The Balaban J connectivity index is 1.67. The Morgan fingerprint density at radius 1 is 1.23 bits per heavy atom. The molecule has 0 aliphatic rings. The Kier molecular flexibility index (Phi) is 5.62. The molecule has 3 aromatic rings. The lowest BCUT2D eigenvalue weighted by atomic mass is 10.2. The standard InChI is InChI=1S/C18H20BrN5OS/c1-11-12(2)20-17-21-18(22-24(17)13(11)3)26-10-16(25)23(4)9-14-7-5-6-8-15(14)19/h5-8H,9-10H2,1-4H3. The predicted octanol–water partition coefficient (Wildman–Crippen LogP) is 3.56. The number of carbonyl (C=O) groups excluding carboxylic acids is 1. The van der Waals surface area contributed by atoms with Crippen LogP contribution in [0.5, 0.6) is 0 Å². The third-order valence-corrected chi connectivity index (χ3v) is 5.95. The molecule has 0 fully saturated rings. The molecule has 0 unspecified atom stereocenters. The molecule has 26 heavy (non-hydrogen) atoms. The molecule has 6 nitrogen and oxygen atoms in total. The molecule has 8 heteroatoms. The van der Waals surface area contributed by atoms with E-state index < -0.39 is 0 Å². The molecule has 2 aromatic heterocycles. The molecule has 0 spiro atoms. The molecule has 0 aliphatic carbocycles. The highest BCUT2D eigenvalue weighted by Crippen LogP contribution is 2.20. The highest BCUT2D eigenvalue weighted by Gasteiger charge is 2.15. The van der Waals surface area contributed by atoms with Crippen LogP contribution >= 0.6 is 27.7 Å². The number of amides is 1. The van der Waals surface area contributed by atoms with Crippen molar-refractivity contribution in [2.24, 2.45) is 0 Å². The molecule has 0 N–H and O–H groups in total. The van der Waals surface area contributed by atoms with Crippen LogP contribution < -0.4 is 0 Å². The lowest BCUT2D eigenvalue weighted by molar-refractivity contribution is -0.127. The fourth-order valence-corrected chi connectivity index (χ4v) is 3.67. The van der Waals surface area contributed by atoms with Gasteiger partial charge in [-0.2, -0.15) is 4.98 Å². The van der Waals surface area contributed by atoms with Crippen molar-refractivity contribution in [2.45, 2.75) is 32.5 Å². The molecule has 0 bridgehead atoms. The first-order valence-corrected chi connectivity index (χ1v) is 9.95.